The molecule has 1 N–H and O–H groups in total. The van der Waals surface area contributed by atoms with E-state index < -0.39 is 0 Å². The zero-order valence-electron chi connectivity index (χ0n) is 13.1. The lowest BCUT2D eigenvalue weighted by Gasteiger charge is -2.30. The molecule has 2 heterocycles. The Hall–Kier alpha value is -2.56. The molecule has 4 rings (SSSR count). The monoisotopic (exact) mass is 327 g/mol. The molecule has 0 saturated carbocycles. The largest absolute Gasteiger partial charge is 0.493 e. The summed E-state index contributed by atoms with van der Waals surface area (Å²) < 4.78 is 24.8. The van der Waals surface area contributed by atoms with Gasteiger partial charge in [-0.25, -0.2) is 4.39 Å². The Kier molecular flexibility index (Phi) is 3.84. The first-order valence-electron chi connectivity index (χ1n) is 8.14. The number of fused-ring (bicyclic) bond motifs is 2. The second-order valence-electron chi connectivity index (χ2n) is 6.20. The number of hydrogen-bond donors (Lipinski definition) is 1. The molecule has 0 bridgehead atoms. The Morgan fingerprint density at radius 3 is 2.92 bits per heavy atom. The Bertz CT molecular complexity index is 777. The van der Waals surface area contributed by atoms with E-state index in [1.54, 1.807) is 6.07 Å². The predicted molar refractivity (Wildman–Crippen MR) is 86.5 cm³/mol. The van der Waals surface area contributed by atoms with Crippen LogP contribution in [0.15, 0.2) is 42.5 Å². The van der Waals surface area contributed by atoms with E-state index >= 15 is 0 Å². The number of halogens is 1. The standard InChI is InChI=1S/C19H18FNO3/c20-14-5-6-18-15(10-14)16(7-8-23-18)21-19(22)13-9-12-3-1-2-4-17(12)24-11-13/h1-6,10,13,16H,7-9,11H2,(H,21,22). The molecule has 2 aliphatic heterocycles. The minimum Gasteiger partial charge on any atom is -0.493 e. The molecule has 24 heavy (non-hydrogen) atoms. The molecular weight excluding hydrogens is 309 g/mol. The molecule has 2 atom stereocenters. The van der Waals surface area contributed by atoms with Crippen molar-refractivity contribution < 1.29 is 18.7 Å². The smallest absolute Gasteiger partial charge is 0.227 e. The first kappa shape index (κ1) is 15.0. The van der Waals surface area contributed by atoms with Gasteiger partial charge in [-0.1, -0.05) is 18.2 Å². The van der Waals surface area contributed by atoms with Gasteiger partial charge in [-0.2, -0.15) is 0 Å². The van der Waals surface area contributed by atoms with Crippen molar-refractivity contribution in [1.29, 1.82) is 0 Å². The van der Waals surface area contributed by atoms with Gasteiger partial charge in [-0.05, 0) is 36.2 Å². The molecule has 2 aromatic rings. The lowest BCUT2D eigenvalue weighted by Crippen LogP contribution is -2.40. The van der Waals surface area contributed by atoms with Crippen molar-refractivity contribution in [3.05, 3.63) is 59.4 Å². The topological polar surface area (TPSA) is 47.6 Å². The molecule has 124 valence electrons. The first-order valence-corrected chi connectivity index (χ1v) is 8.14. The summed E-state index contributed by atoms with van der Waals surface area (Å²) in [4.78, 5) is 12.6. The highest BCUT2D eigenvalue weighted by molar-refractivity contribution is 5.80. The number of carbonyl (C=O) groups excluding carboxylic acids is 1. The van der Waals surface area contributed by atoms with E-state index in [0.29, 0.717) is 37.4 Å². The molecule has 0 radical (unpaired) electrons. The van der Waals surface area contributed by atoms with Crippen molar-refractivity contribution in [1.82, 2.24) is 5.32 Å². The Labute approximate surface area is 139 Å². The van der Waals surface area contributed by atoms with Crippen LogP contribution in [0.1, 0.15) is 23.6 Å². The van der Waals surface area contributed by atoms with Crippen molar-refractivity contribution in [3.8, 4) is 11.5 Å². The molecule has 0 saturated heterocycles. The van der Waals surface area contributed by atoms with Gasteiger partial charge in [-0.3, -0.25) is 4.79 Å². The fourth-order valence-corrected chi connectivity index (χ4v) is 3.30. The van der Waals surface area contributed by atoms with Gasteiger partial charge in [0.1, 0.15) is 23.9 Å². The zero-order valence-corrected chi connectivity index (χ0v) is 13.1. The highest BCUT2D eigenvalue weighted by Crippen LogP contribution is 2.33. The third kappa shape index (κ3) is 2.82. The molecule has 2 unspecified atom stereocenters. The summed E-state index contributed by atoms with van der Waals surface area (Å²) in [5.41, 5.74) is 1.74. The first-order chi connectivity index (χ1) is 11.7. The van der Waals surface area contributed by atoms with Gasteiger partial charge in [0.05, 0.1) is 18.6 Å². The molecule has 4 nitrogen and oxygen atoms in total. The van der Waals surface area contributed by atoms with Crippen molar-refractivity contribution in [3.63, 3.8) is 0 Å². The SMILES string of the molecule is O=C(NC1CCOc2ccc(F)cc21)C1COc2ccccc2C1. The van der Waals surface area contributed by atoms with Gasteiger partial charge < -0.3 is 14.8 Å². The number of hydrogen-bond acceptors (Lipinski definition) is 3. The van der Waals surface area contributed by atoms with Gasteiger partial charge in [0, 0.05) is 12.0 Å². The van der Waals surface area contributed by atoms with Crippen LogP contribution >= 0.6 is 0 Å². The van der Waals surface area contributed by atoms with Crippen LogP contribution in [0.4, 0.5) is 4.39 Å². The molecule has 5 heteroatoms. The fraction of sp³-hybridized carbons (Fsp3) is 0.316. The summed E-state index contributed by atoms with van der Waals surface area (Å²) in [6, 6.07) is 12.0. The van der Waals surface area contributed by atoms with E-state index in [1.807, 2.05) is 24.3 Å². The van der Waals surface area contributed by atoms with Crippen LogP contribution in [0.25, 0.3) is 0 Å². The average molecular weight is 327 g/mol. The third-order valence-electron chi connectivity index (χ3n) is 4.58. The van der Waals surface area contributed by atoms with Crippen LogP contribution in [-0.4, -0.2) is 19.1 Å². The minimum absolute atomic E-state index is 0.0633. The van der Waals surface area contributed by atoms with Gasteiger partial charge in [0.2, 0.25) is 5.91 Å². The summed E-state index contributed by atoms with van der Waals surface area (Å²) in [6.45, 7) is 0.871. The van der Waals surface area contributed by atoms with Crippen molar-refractivity contribution >= 4 is 5.91 Å². The molecule has 2 aliphatic rings. The lowest BCUT2D eigenvalue weighted by molar-refractivity contribution is -0.127. The summed E-state index contributed by atoms with van der Waals surface area (Å²) in [5, 5.41) is 3.04. The second-order valence-corrected chi connectivity index (χ2v) is 6.20. The third-order valence-corrected chi connectivity index (χ3v) is 4.58. The number of carbonyl (C=O) groups is 1. The van der Waals surface area contributed by atoms with E-state index in [4.69, 9.17) is 9.47 Å². The fourth-order valence-electron chi connectivity index (χ4n) is 3.30. The van der Waals surface area contributed by atoms with Crippen molar-refractivity contribution in [2.24, 2.45) is 5.92 Å². The highest BCUT2D eigenvalue weighted by Gasteiger charge is 2.30. The van der Waals surface area contributed by atoms with Gasteiger partial charge in [0.15, 0.2) is 0 Å². The number of rotatable bonds is 2. The number of benzene rings is 2. The van der Waals surface area contributed by atoms with Crippen LogP contribution in [0.5, 0.6) is 11.5 Å². The molecular formula is C19H18FNO3. The van der Waals surface area contributed by atoms with Gasteiger partial charge in [0.25, 0.3) is 0 Å². The van der Waals surface area contributed by atoms with Crippen molar-refractivity contribution in [2.75, 3.05) is 13.2 Å². The van der Waals surface area contributed by atoms with Crippen molar-refractivity contribution in [2.45, 2.75) is 18.9 Å². The average Bonchev–Trinajstić information content (AvgIpc) is 2.62. The minimum atomic E-state index is -0.326. The summed E-state index contributed by atoms with van der Waals surface area (Å²) in [7, 11) is 0. The van der Waals surface area contributed by atoms with Gasteiger partial charge >= 0.3 is 0 Å². The molecule has 0 aromatic heterocycles. The normalized spacial score (nSPS) is 21.7. The second kappa shape index (κ2) is 6.15. The van der Waals surface area contributed by atoms with E-state index in [-0.39, 0.29) is 23.7 Å². The summed E-state index contributed by atoms with van der Waals surface area (Å²) in [6.07, 6.45) is 1.29. The molecule has 0 fully saturated rings. The van der Waals surface area contributed by atoms with Crippen LogP contribution < -0.4 is 14.8 Å². The van der Waals surface area contributed by atoms with E-state index in [0.717, 1.165) is 11.3 Å². The predicted octanol–water partition coefficient (Wildman–Crippen LogP) is 3.02. The van der Waals surface area contributed by atoms with Crippen LogP contribution in [0.3, 0.4) is 0 Å². The highest BCUT2D eigenvalue weighted by atomic mass is 19.1. The number of ether oxygens (including phenoxy) is 2. The zero-order chi connectivity index (χ0) is 16.5. The summed E-state index contributed by atoms with van der Waals surface area (Å²) >= 11 is 0. The van der Waals surface area contributed by atoms with E-state index in [1.165, 1.54) is 12.1 Å². The molecule has 0 spiro atoms. The molecule has 0 aliphatic carbocycles. The Morgan fingerprint density at radius 1 is 1.12 bits per heavy atom. The maximum Gasteiger partial charge on any atom is 0.227 e. The summed E-state index contributed by atoms with van der Waals surface area (Å²) in [5.74, 6) is 0.859. The number of nitrogens with one attached hydrogen (secondary N) is 1. The Morgan fingerprint density at radius 2 is 2.00 bits per heavy atom. The lowest BCUT2D eigenvalue weighted by atomic mass is 9.94. The van der Waals surface area contributed by atoms with Crippen LogP contribution in [-0.2, 0) is 11.2 Å². The maximum atomic E-state index is 13.5. The molecule has 1 amide bonds. The van der Waals surface area contributed by atoms with Crippen LogP contribution in [0.2, 0.25) is 0 Å². The van der Waals surface area contributed by atoms with Crippen LogP contribution in [0, 0.1) is 11.7 Å². The number of amides is 1. The molecule has 2 aromatic carbocycles. The number of para-hydroxylation sites is 1. The quantitative estimate of drug-likeness (QED) is 0.922. The van der Waals surface area contributed by atoms with Gasteiger partial charge in [-0.15, -0.1) is 0 Å². The van der Waals surface area contributed by atoms with E-state index in [9.17, 15) is 9.18 Å². The van der Waals surface area contributed by atoms with E-state index in [2.05, 4.69) is 5.32 Å². The maximum absolute atomic E-state index is 13.5. The Balaban J connectivity index is 1.49.